The number of alkyl carbamates (subject to hydrolysis) is 1. The summed E-state index contributed by atoms with van der Waals surface area (Å²) in [6, 6.07) is 6.39. The number of hydrogen-bond acceptors (Lipinski definition) is 5. The SMILES string of the molecule is Cc1cccc(N2CCN(C(=O)CSCCNC(=O)OC(C)(C)C)CC2)c1C. The fourth-order valence-corrected chi connectivity index (χ4v) is 3.81. The molecular formula is C21H33N3O3S. The van der Waals surface area contributed by atoms with E-state index in [0.29, 0.717) is 18.1 Å². The van der Waals surface area contributed by atoms with Gasteiger partial charge in [0.2, 0.25) is 5.91 Å². The maximum Gasteiger partial charge on any atom is 0.407 e. The van der Waals surface area contributed by atoms with Crippen LogP contribution in [0.2, 0.25) is 0 Å². The lowest BCUT2D eigenvalue weighted by molar-refractivity contribution is -0.128. The zero-order valence-electron chi connectivity index (χ0n) is 17.7. The van der Waals surface area contributed by atoms with Crippen molar-refractivity contribution in [3.8, 4) is 0 Å². The second-order valence-electron chi connectivity index (χ2n) is 8.07. The Kier molecular flexibility index (Phi) is 8.04. The van der Waals surface area contributed by atoms with Gasteiger partial charge in [-0.25, -0.2) is 4.79 Å². The largest absolute Gasteiger partial charge is 0.444 e. The standard InChI is InChI=1S/C21H33N3O3S/c1-16-7-6-8-18(17(16)2)23-10-12-24(13-11-23)19(25)15-28-14-9-22-20(26)27-21(3,4)5/h6-8H,9-15H2,1-5H3,(H,22,26). The van der Waals surface area contributed by atoms with Gasteiger partial charge in [0.1, 0.15) is 5.60 Å². The van der Waals surface area contributed by atoms with Gasteiger partial charge in [-0.2, -0.15) is 11.8 Å². The molecule has 1 fully saturated rings. The molecule has 1 aliphatic heterocycles. The molecule has 2 rings (SSSR count). The minimum Gasteiger partial charge on any atom is -0.444 e. The van der Waals surface area contributed by atoms with E-state index >= 15 is 0 Å². The van der Waals surface area contributed by atoms with Crippen LogP contribution in [0.5, 0.6) is 0 Å². The number of ether oxygens (including phenoxy) is 1. The number of carbonyl (C=O) groups excluding carboxylic acids is 2. The van der Waals surface area contributed by atoms with E-state index in [1.165, 1.54) is 16.8 Å². The van der Waals surface area contributed by atoms with Gasteiger partial charge in [-0.15, -0.1) is 0 Å². The molecule has 0 saturated carbocycles. The molecule has 0 bridgehead atoms. The number of rotatable bonds is 6. The first kappa shape index (κ1) is 22.4. The third-order valence-corrected chi connectivity index (χ3v) is 5.63. The normalized spacial score (nSPS) is 14.8. The van der Waals surface area contributed by atoms with E-state index in [2.05, 4.69) is 42.3 Å². The van der Waals surface area contributed by atoms with Crippen LogP contribution < -0.4 is 10.2 Å². The van der Waals surface area contributed by atoms with Crippen molar-refractivity contribution >= 4 is 29.4 Å². The van der Waals surface area contributed by atoms with Gasteiger partial charge in [-0.3, -0.25) is 4.79 Å². The highest BCUT2D eigenvalue weighted by molar-refractivity contribution is 7.99. The van der Waals surface area contributed by atoms with Gasteiger partial charge in [0.05, 0.1) is 5.75 Å². The highest BCUT2D eigenvalue weighted by Gasteiger charge is 2.22. The smallest absolute Gasteiger partial charge is 0.407 e. The number of aryl methyl sites for hydroxylation is 1. The number of carbonyl (C=O) groups is 2. The van der Waals surface area contributed by atoms with E-state index in [1.807, 2.05) is 25.7 Å². The van der Waals surface area contributed by atoms with Crippen LogP contribution in [-0.4, -0.2) is 66.7 Å². The minimum absolute atomic E-state index is 0.169. The maximum atomic E-state index is 12.4. The van der Waals surface area contributed by atoms with Crippen LogP contribution in [0.25, 0.3) is 0 Å². The quantitative estimate of drug-likeness (QED) is 0.734. The van der Waals surface area contributed by atoms with Crippen molar-refractivity contribution in [1.82, 2.24) is 10.2 Å². The summed E-state index contributed by atoms with van der Waals surface area (Å²) < 4.78 is 5.18. The Morgan fingerprint density at radius 2 is 1.82 bits per heavy atom. The molecule has 156 valence electrons. The van der Waals surface area contributed by atoms with Crippen LogP contribution in [0.1, 0.15) is 31.9 Å². The monoisotopic (exact) mass is 407 g/mol. The Hall–Kier alpha value is -1.89. The third-order valence-electron chi connectivity index (χ3n) is 4.69. The molecule has 28 heavy (non-hydrogen) atoms. The van der Waals surface area contributed by atoms with Crippen LogP contribution in [0.4, 0.5) is 10.5 Å². The van der Waals surface area contributed by atoms with Crippen molar-refractivity contribution < 1.29 is 14.3 Å². The van der Waals surface area contributed by atoms with Crippen molar-refractivity contribution in [3.05, 3.63) is 29.3 Å². The van der Waals surface area contributed by atoms with Crippen LogP contribution >= 0.6 is 11.8 Å². The maximum absolute atomic E-state index is 12.4. The summed E-state index contributed by atoms with van der Waals surface area (Å²) in [6.07, 6.45) is -0.415. The molecule has 0 aliphatic carbocycles. The highest BCUT2D eigenvalue weighted by Crippen LogP contribution is 2.24. The Bertz CT molecular complexity index is 680. The second-order valence-corrected chi connectivity index (χ2v) is 9.17. The minimum atomic E-state index is -0.494. The summed E-state index contributed by atoms with van der Waals surface area (Å²) in [5.41, 5.74) is 3.39. The van der Waals surface area contributed by atoms with Gasteiger partial charge < -0.3 is 19.9 Å². The first-order valence-electron chi connectivity index (χ1n) is 9.81. The number of nitrogens with zero attached hydrogens (tertiary/aromatic N) is 2. The second kappa shape index (κ2) is 10.0. The molecule has 0 aromatic heterocycles. The summed E-state index contributed by atoms with van der Waals surface area (Å²) in [6.45, 7) is 13.5. The number of nitrogens with one attached hydrogen (secondary N) is 1. The molecule has 7 heteroatoms. The Morgan fingerprint density at radius 1 is 1.14 bits per heavy atom. The zero-order valence-corrected chi connectivity index (χ0v) is 18.5. The number of anilines is 1. The zero-order chi connectivity index (χ0) is 20.7. The van der Waals surface area contributed by atoms with Crippen LogP contribution in [0, 0.1) is 13.8 Å². The van der Waals surface area contributed by atoms with E-state index in [-0.39, 0.29) is 5.91 Å². The molecule has 1 saturated heterocycles. The lowest BCUT2D eigenvalue weighted by atomic mass is 10.1. The van der Waals surface area contributed by atoms with Crippen molar-refractivity contribution in [2.24, 2.45) is 0 Å². The fourth-order valence-electron chi connectivity index (χ4n) is 3.07. The number of amides is 2. The van der Waals surface area contributed by atoms with Crippen molar-refractivity contribution in [2.75, 3.05) is 49.1 Å². The average Bonchev–Trinajstić information content (AvgIpc) is 2.62. The van der Waals surface area contributed by atoms with Crippen LogP contribution in [-0.2, 0) is 9.53 Å². The number of piperazine rings is 1. The van der Waals surface area contributed by atoms with Gasteiger partial charge in [0.15, 0.2) is 0 Å². The lowest BCUT2D eigenvalue weighted by Crippen LogP contribution is -2.49. The molecule has 6 nitrogen and oxygen atoms in total. The predicted octanol–water partition coefficient (Wildman–Crippen LogP) is 3.21. The molecule has 0 atom stereocenters. The third kappa shape index (κ3) is 6.93. The van der Waals surface area contributed by atoms with Gasteiger partial charge in [0.25, 0.3) is 0 Å². The van der Waals surface area contributed by atoms with Crippen molar-refractivity contribution in [2.45, 2.75) is 40.2 Å². The average molecular weight is 408 g/mol. The molecular weight excluding hydrogens is 374 g/mol. The molecule has 1 aromatic carbocycles. The molecule has 0 unspecified atom stereocenters. The first-order valence-corrected chi connectivity index (χ1v) is 11.0. The Labute approximate surface area is 173 Å². The van der Waals surface area contributed by atoms with Gasteiger partial charge in [0, 0.05) is 44.2 Å². The van der Waals surface area contributed by atoms with E-state index in [9.17, 15) is 9.59 Å². The number of benzene rings is 1. The molecule has 0 spiro atoms. The van der Waals surface area contributed by atoms with E-state index < -0.39 is 11.7 Å². The van der Waals surface area contributed by atoms with Gasteiger partial charge in [-0.05, 0) is 51.8 Å². The van der Waals surface area contributed by atoms with Crippen molar-refractivity contribution in [1.29, 1.82) is 0 Å². The molecule has 1 aromatic rings. The van der Waals surface area contributed by atoms with Crippen molar-refractivity contribution in [3.63, 3.8) is 0 Å². The Morgan fingerprint density at radius 3 is 2.46 bits per heavy atom. The summed E-state index contributed by atoms with van der Waals surface area (Å²) in [7, 11) is 0. The molecule has 2 amide bonds. The molecule has 0 radical (unpaired) electrons. The molecule has 1 N–H and O–H groups in total. The summed E-state index contributed by atoms with van der Waals surface area (Å²) in [5, 5.41) is 2.71. The topological polar surface area (TPSA) is 61.9 Å². The predicted molar refractivity (Wildman–Crippen MR) is 116 cm³/mol. The summed E-state index contributed by atoms with van der Waals surface area (Å²) in [5.74, 6) is 1.30. The van der Waals surface area contributed by atoms with Crippen LogP contribution in [0.3, 0.4) is 0 Å². The molecule has 1 aliphatic rings. The Balaban J connectivity index is 1.66. The first-order chi connectivity index (χ1) is 13.2. The summed E-state index contributed by atoms with van der Waals surface area (Å²) >= 11 is 1.54. The lowest BCUT2D eigenvalue weighted by Gasteiger charge is -2.37. The van der Waals surface area contributed by atoms with E-state index in [1.54, 1.807) is 11.8 Å². The van der Waals surface area contributed by atoms with Gasteiger partial charge >= 0.3 is 6.09 Å². The van der Waals surface area contributed by atoms with Crippen LogP contribution in [0.15, 0.2) is 18.2 Å². The molecule has 1 heterocycles. The summed E-state index contributed by atoms with van der Waals surface area (Å²) in [4.78, 5) is 28.3. The van der Waals surface area contributed by atoms with Gasteiger partial charge in [-0.1, -0.05) is 12.1 Å². The number of thioether (sulfide) groups is 1. The van der Waals surface area contributed by atoms with E-state index in [4.69, 9.17) is 4.74 Å². The number of hydrogen-bond donors (Lipinski definition) is 1. The van der Waals surface area contributed by atoms with E-state index in [0.717, 1.165) is 26.2 Å². The highest BCUT2D eigenvalue weighted by atomic mass is 32.2. The fraction of sp³-hybridized carbons (Fsp3) is 0.619.